The van der Waals surface area contributed by atoms with Gasteiger partial charge in [-0.15, -0.1) is 0 Å². The van der Waals surface area contributed by atoms with Crippen LogP contribution in [-0.2, 0) is 16.0 Å². The minimum Gasteiger partial charge on any atom is -0.494 e. The van der Waals surface area contributed by atoms with Crippen LogP contribution in [0.15, 0.2) is 78.9 Å². The molecule has 4 rings (SSSR count). The first-order valence-corrected chi connectivity index (χ1v) is 11.0. The molecule has 4 aromatic rings. The van der Waals surface area contributed by atoms with Gasteiger partial charge in [-0.3, -0.25) is 4.79 Å². The van der Waals surface area contributed by atoms with E-state index in [4.69, 9.17) is 9.47 Å². The molecule has 0 aliphatic rings. The number of para-hydroxylation sites is 2. The lowest BCUT2D eigenvalue weighted by Gasteiger charge is -2.12. The number of halogens is 1. The number of methoxy groups -OCH3 is 1. The zero-order valence-corrected chi connectivity index (χ0v) is 19.3. The van der Waals surface area contributed by atoms with Crippen LogP contribution in [0, 0.1) is 5.82 Å². The number of amides is 1. The molecule has 0 saturated carbocycles. The van der Waals surface area contributed by atoms with Gasteiger partial charge in [-0.2, -0.15) is 5.10 Å². The summed E-state index contributed by atoms with van der Waals surface area (Å²) >= 11 is 0. The molecule has 0 radical (unpaired) electrons. The van der Waals surface area contributed by atoms with Gasteiger partial charge in [0.2, 0.25) is 5.91 Å². The van der Waals surface area contributed by atoms with Crippen LogP contribution in [0.2, 0.25) is 0 Å². The molecule has 0 aliphatic carbocycles. The van der Waals surface area contributed by atoms with Crippen LogP contribution in [0.4, 0.5) is 10.1 Å². The van der Waals surface area contributed by atoms with Gasteiger partial charge in [-0.1, -0.05) is 36.4 Å². The number of hydrogen-bond acceptors (Lipinski definition) is 5. The quantitative estimate of drug-likeness (QED) is 0.363. The second-order valence-electron chi connectivity index (χ2n) is 7.65. The number of esters is 1. The van der Waals surface area contributed by atoms with Crippen LogP contribution in [0.3, 0.4) is 0 Å². The Morgan fingerprint density at radius 1 is 1.00 bits per heavy atom. The number of ether oxygens (including phenoxy) is 2. The predicted octanol–water partition coefficient (Wildman–Crippen LogP) is 5.04. The molecule has 0 fully saturated rings. The van der Waals surface area contributed by atoms with E-state index in [0.717, 1.165) is 5.56 Å². The average molecular weight is 474 g/mol. The molecule has 1 amide bonds. The number of nitrogens with zero attached hydrogens (tertiary/aromatic N) is 2. The smallest absolute Gasteiger partial charge is 0.358 e. The van der Waals surface area contributed by atoms with Crippen molar-refractivity contribution in [3.8, 4) is 22.7 Å². The van der Waals surface area contributed by atoms with Gasteiger partial charge in [0, 0.05) is 11.3 Å². The van der Waals surface area contributed by atoms with Crippen molar-refractivity contribution in [3.05, 3.63) is 95.9 Å². The average Bonchev–Trinajstić information content (AvgIpc) is 3.31. The fraction of sp³-hybridized carbons (Fsp3) is 0.148. The summed E-state index contributed by atoms with van der Waals surface area (Å²) < 4.78 is 25.4. The third-order valence-corrected chi connectivity index (χ3v) is 5.23. The van der Waals surface area contributed by atoms with Crippen molar-refractivity contribution in [1.29, 1.82) is 0 Å². The second kappa shape index (κ2) is 10.6. The summed E-state index contributed by atoms with van der Waals surface area (Å²) in [6.07, 6.45) is 0.108. The monoisotopic (exact) mass is 473 g/mol. The first kappa shape index (κ1) is 23.7. The molecular formula is C27H24FN3O4. The Balaban J connectivity index is 1.67. The van der Waals surface area contributed by atoms with Gasteiger partial charge < -0.3 is 14.8 Å². The lowest BCUT2D eigenvalue weighted by molar-refractivity contribution is -0.115. The van der Waals surface area contributed by atoms with Gasteiger partial charge in [0.1, 0.15) is 17.3 Å². The maximum Gasteiger partial charge on any atom is 0.358 e. The highest BCUT2D eigenvalue weighted by Crippen LogP contribution is 2.30. The first-order valence-electron chi connectivity index (χ1n) is 11.0. The van der Waals surface area contributed by atoms with Gasteiger partial charge in [-0.05, 0) is 55.0 Å². The normalized spacial score (nSPS) is 10.6. The van der Waals surface area contributed by atoms with Crippen LogP contribution in [0.5, 0.6) is 5.75 Å². The summed E-state index contributed by atoms with van der Waals surface area (Å²) in [7, 11) is 1.56. The molecule has 8 heteroatoms. The van der Waals surface area contributed by atoms with E-state index in [1.807, 2.05) is 24.3 Å². The summed E-state index contributed by atoms with van der Waals surface area (Å²) in [4.78, 5) is 25.0. The Hall–Kier alpha value is -4.46. The number of benzene rings is 3. The molecule has 7 nitrogen and oxygen atoms in total. The summed E-state index contributed by atoms with van der Waals surface area (Å²) in [5.41, 5.74) is 3.41. The van der Waals surface area contributed by atoms with E-state index in [0.29, 0.717) is 28.4 Å². The second-order valence-corrected chi connectivity index (χ2v) is 7.65. The number of aromatic nitrogens is 2. The van der Waals surface area contributed by atoms with E-state index < -0.39 is 5.97 Å². The minimum absolute atomic E-state index is 0.108. The van der Waals surface area contributed by atoms with Crippen molar-refractivity contribution in [2.75, 3.05) is 19.0 Å². The fourth-order valence-corrected chi connectivity index (χ4v) is 3.63. The number of carbonyl (C=O) groups excluding carboxylic acids is 2. The van der Waals surface area contributed by atoms with Crippen molar-refractivity contribution in [3.63, 3.8) is 0 Å². The van der Waals surface area contributed by atoms with E-state index in [9.17, 15) is 14.0 Å². The fourth-order valence-electron chi connectivity index (χ4n) is 3.63. The van der Waals surface area contributed by atoms with Gasteiger partial charge >= 0.3 is 5.97 Å². The Kier molecular flexibility index (Phi) is 7.21. The molecule has 1 N–H and O–H groups in total. The topological polar surface area (TPSA) is 82.5 Å². The predicted molar refractivity (Wildman–Crippen MR) is 130 cm³/mol. The zero-order chi connectivity index (χ0) is 24.8. The summed E-state index contributed by atoms with van der Waals surface area (Å²) in [6, 6.07) is 22.0. The molecule has 3 aromatic carbocycles. The van der Waals surface area contributed by atoms with Crippen LogP contribution in [0.25, 0.3) is 16.9 Å². The molecule has 178 valence electrons. The molecule has 0 spiro atoms. The zero-order valence-electron chi connectivity index (χ0n) is 19.3. The summed E-state index contributed by atoms with van der Waals surface area (Å²) in [5, 5.41) is 7.35. The molecule has 1 heterocycles. The van der Waals surface area contributed by atoms with E-state index in [1.54, 1.807) is 61.2 Å². The highest BCUT2D eigenvalue weighted by atomic mass is 19.1. The molecule has 0 atom stereocenters. The Bertz CT molecular complexity index is 1350. The molecule has 0 unspecified atom stereocenters. The number of hydrogen-bond donors (Lipinski definition) is 1. The Morgan fingerprint density at radius 2 is 1.77 bits per heavy atom. The number of anilines is 1. The molecule has 1 aromatic heterocycles. The number of carbonyl (C=O) groups is 2. The maximum absolute atomic E-state index is 13.1. The highest BCUT2D eigenvalue weighted by Gasteiger charge is 2.20. The van der Waals surface area contributed by atoms with Gasteiger partial charge in [0.15, 0.2) is 5.69 Å². The Morgan fingerprint density at radius 3 is 2.51 bits per heavy atom. The van der Waals surface area contributed by atoms with Crippen molar-refractivity contribution < 1.29 is 23.5 Å². The molecule has 35 heavy (non-hydrogen) atoms. The maximum atomic E-state index is 13.1. The third kappa shape index (κ3) is 5.55. The van der Waals surface area contributed by atoms with Crippen molar-refractivity contribution >= 4 is 17.6 Å². The molecular weight excluding hydrogens is 449 g/mol. The van der Waals surface area contributed by atoms with Crippen molar-refractivity contribution in [2.45, 2.75) is 13.3 Å². The van der Waals surface area contributed by atoms with Crippen molar-refractivity contribution in [1.82, 2.24) is 9.78 Å². The van der Waals surface area contributed by atoms with E-state index >= 15 is 0 Å². The van der Waals surface area contributed by atoms with Gasteiger partial charge in [-0.25, -0.2) is 13.9 Å². The van der Waals surface area contributed by atoms with Crippen LogP contribution in [0.1, 0.15) is 23.0 Å². The molecule has 0 bridgehead atoms. The summed E-state index contributed by atoms with van der Waals surface area (Å²) in [5.74, 6) is -0.544. The third-order valence-electron chi connectivity index (χ3n) is 5.23. The van der Waals surface area contributed by atoms with Crippen LogP contribution < -0.4 is 10.1 Å². The SMILES string of the molecule is CCOC(=O)c1cc(-c2cccc(NC(=O)Cc3ccc(F)cc3)c2)n(-c2ccccc2OC)n1. The van der Waals surface area contributed by atoms with E-state index in [2.05, 4.69) is 10.4 Å². The van der Waals surface area contributed by atoms with Gasteiger partial charge in [0.05, 0.1) is 25.8 Å². The molecule has 0 saturated heterocycles. The van der Waals surface area contributed by atoms with Crippen LogP contribution in [-0.4, -0.2) is 35.4 Å². The minimum atomic E-state index is -0.536. The number of rotatable bonds is 8. The largest absolute Gasteiger partial charge is 0.494 e. The first-order chi connectivity index (χ1) is 17.0. The van der Waals surface area contributed by atoms with Gasteiger partial charge in [0.25, 0.3) is 0 Å². The lowest BCUT2D eigenvalue weighted by atomic mass is 10.1. The van der Waals surface area contributed by atoms with Crippen molar-refractivity contribution in [2.24, 2.45) is 0 Å². The van der Waals surface area contributed by atoms with Crippen LogP contribution >= 0.6 is 0 Å². The molecule has 0 aliphatic heterocycles. The highest BCUT2D eigenvalue weighted by molar-refractivity contribution is 5.93. The summed E-state index contributed by atoms with van der Waals surface area (Å²) in [6.45, 7) is 1.96. The van der Waals surface area contributed by atoms with E-state index in [1.165, 1.54) is 12.1 Å². The number of nitrogens with one attached hydrogen (secondary N) is 1. The lowest BCUT2D eigenvalue weighted by Crippen LogP contribution is -2.14. The Labute approximate surface area is 202 Å². The standard InChI is InChI=1S/C27H24FN3O4/c1-3-35-27(33)22-17-24(31(30-22)23-9-4-5-10-25(23)34-2)19-7-6-8-21(16-19)29-26(32)15-18-11-13-20(28)14-12-18/h4-14,16-17H,3,15H2,1-2H3,(H,29,32). The van der Waals surface area contributed by atoms with E-state index in [-0.39, 0.29) is 30.4 Å².